The zero-order valence-electron chi connectivity index (χ0n) is 14.1. The van der Waals surface area contributed by atoms with Gasteiger partial charge < -0.3 is 10.1 Å². The molecular formula is C16H16N2O7S2. The third-order valence-electron chi connectivity index (χ3n) is 3.30. The Morgan fingerprint density at radius 1 is 1.00 bits per heavy atom. The van der Waals surface area contributed by atoms with Crippen molar-refractivity contribution in [1.82, 2.24) is 0 Å². The van der Waals surface area contributed by atoms with Gasteiger partial charge in [0.25, 0.3) is 5.91 Å². The molecule has 2 rings (SSSR count). The van der Waals surface area contributed by atoms with E-state index in [1.165, 1.54) is 48.5 Å². The van der Waals surface area contributed by atoms with E-state index in [0.29, 0.717) is 0 Å². The molecule has 2 aromatic rings. The zero-order chi connectivity index (χ0) is 20.2. The van der Waals surface area contributed by atoms with E-state index in [-0.39, 0.29) is 21.0 Å². The predicted molar refractivity (Wildman–Crippen MR) is 96.3 cm³/mol. The molecule has 0 aromatic heterocycles. The molecular weight excluding hydrogens is 396 g/mol. The van der Waals surface area contributed by atoms with Crippen LogP contribution in [0.5, 0.6) is 0 Å². The third-order valence-corrected chi connectivity index (χ3v) is 5.34. The molecule has 2 aromatic carbocycles. The zero-order valence-corrected chi connectivity index (χ0v) is 15.7. The molecule has 11 heteroatoms. The number of sulfonamides is 1. The third kappa shape index (κ3) is 5.88. The van der Waals surface area contributed by atoms with E-state index in [0.717, 1.165) is 6.26 Å². The predicted octanol–water partition coefficient (Wildman–Crippen LogP) is 0.533. The van der Waals surface area contributed by atoms with Gasteiger partial charge in [0.1, 0.15) is 0 Å². The molecule has 0 spiro atoms. The van der Waals surface area contributed by atoms with Gasteiger partial charge in [0, 0.05) is 11.9 Å². The summed E-state index contributed by atoms with van der Waals surface area (Å²) in [5.41, 5.74) is 0.242. The van der Waals surface area contributed by atoms with Crippen molar-refractivity contribution in [2.75, 3.05) is 18.2 Å². The van der Waals surface area contributed by atoms with Gasteiger partial charge in [-0.05, 0) is 42.5 Å². The maximum atomic E-state index is 11.9. The second-order valence-electron chi connectivity index (χ2n) is 5.49. The maximum Gasteiger partial charge on any atom is 0.338 e. The monoisotopic (exact) mass is 412 g/mol. The minimum absolute atomic E-state index is 0.0477. The molecule has 1 amide bonds. The lowest BCUT2D eigenvalue weighted by Gasteiger charge is -2.08. The summed E-state index contributed by atoms with van der Waals surface area (Å²) in [5, 5.41) is 7.38. The number of rotatable bonds is 6. The van der Waals surface area contributed by atoms with Crippen LogP contribution in [0.2, 0.25) is 0 Å². The fraction of sp³-hybridized carbons (Fsp3) is 0.125. The van der Waals surface area contributed by atoms with Gasteiger partial charge in [-0.25, -0.2) is 26.8 Å². The Morgan fingerprint density at radius 2 is 1.63 bits per heavy atom. The average molecular weight is 412 g/mol. The lowest BCUT2D eigenvalue weighted by atomic mass is 10.2. The van der Waals surface area contributed by atoms with Gasteiger partial charge in [0.05, 0.1) is 15.4 Å². The van der Waals surface area contributed by atoms with E-state index < -0.39 is 38.3 Å². The van der Waals surface area contributed by atoms with E-state index in [4.69, 9.17) is 9.88 Å². The van der Waals surface area contributed by atoms with Gasteiger partial charge in [0.2, 0.25) is 10.0 Å². The molecule has 0 fully saturated rings. The Bertz CT molecular complexity index is 1080. The molecule has 0 heterocycles. The summed E-state index contributed by atoms with van der Waals surface area (Å²) < 4.78 is 50.2. The molecule has 0 saturated carbocycles. The highest BCUT2D eigenvalue weighted by atomic mass is 32.2. The number of amides is 1. The number of benzene rings is 2. The molecule has 0 radical (unpaired) electrons. The molecule has 0 saturated heterocycles. The number of anilines is 1. The van der Waals surface area contributed by atoms with E-state index >= 15 is 0 Å². The minimum atomic E-state index is -3.92. The Kier molecular flexibility index (Phi) is 5.98. The molecule has 0 aliphatic carbocycles. The highest BCUT2D eigenvalue weighted by Gasteiger charge is 2.14. The first-order valence-electron chi connectivity index (χ1n) is 7.37. The second-order valence-corrected chi connectivity index (χ2v) is 9.07. The van der Waals surface area contributed by atoms with Crippen LogP contribution in [-0.4, -0.2) is 41.6 Å². The van der Waals surface area contributed by atoms with Crippen molar-refractivity contribution < 1.29 is 31.2 Å². The van der Waals surface area contributed by atoms with Gasteiger partial charge in [-0.15, -0.1) is 0 Å². The van der Waals surface area contributed by atoms with Crippen molar-refractivity contribution >= 4 is 37.4 Å². The van der Waals surface area contributed by atoms with Crippen LogP contribution < -0.4 is 10.5 Å². The number of carbonyl (C=O) groups is 2. The summed E-state index contributed by atoms with van der Waals surface area (Å²) >= 11 is 0. The largest absolute Gasteiger partial charge is 0.452 e. The maximum absolute atomic E-state index is 11.9. The molecule has 3 N–H and O–H groups in total. The Labute approximate surface area is 156 Å². The Balaban J connectivity index is 1.96. The van der Waals surface area contributed by atoms with Crippen molar-refractivity contribution in [1.29, 1.82) is 0 Å². The molecule has 144 valence electrons. The van der Waals surface area contributed by atoms with E-state index in [2.05, 4.69) is 5.32 Å². The molecule has 27 heavy (non-hydrogen) atoms. The van der Waals surface area contributed by atoms with Crippen LogP contribution in [-0.2, 0) is 29.4 Å². The van der Waals surface area contributed by atoms with Crippen molar-refractivity contribution in [3.05, 3.63) is 54.1 Å². The highest BCUT2D eigenvalue weighted by Crippen LogP contribution is 2.14. The quantitative estimate of drug-likeness (QED) is 0.657. The van der Waals surface area contributed by atoms with E-state index in [1.807, 2.05) is 0 Å². The lowest BCUT2D eigenvalue weighted by molar-refractivity contribution is -0.119. The summed E-state index contributed by atoms with van der Waals surface area (Å²) in [6, 6.07) is 10.3. The van der Waals surface area contributed by atoms with Gasteiger partial charge in [-0.3, -0.25) is 4.79 Å². The first kappa shape index (κ1) is 20.6. The number of nitrogens with one attached hydrogen (secondary N) is 1. The van der Waals surface area contributed by atoms with Crippen molar-refractivity contribution in [2.24, 2.45) is 5.14 Å². The number of ether oxygens (including phenoxy) is 1. The van der Waals surface area contributed by atoms with Crippen LogP contribution in [0, 0.1) is 0 Å². The Hall–Kier alpha value is -2.76. The van der Waals surface area contributed by atoms with Crippen molar-refractivity contribution in [3.8, 4) is 0 Å². The summed E-state index contributed by atoms with van der Waals surface area (Å²) in [7, 11) is -7.30. The van der Waals surface area contributed by atoms with Crippen molar-refractivity contribution in [3.63, 3.8) is 0 Å². The number of hydrogen-bond donors (Lipinski definition) is 2. The molecule has 9 nitrogen and oxygen atoms in total. The fourth-order valence-corrected chi connectivity index (χ4v) is 3.19. The van der Waals surface area contributed by atoms with Gasteiger partial charge in [-0.2, -0.15) is 0 Å². The minimum Gasteiger partial charge on any atom is -0.452 e. The van der Waals surface area contributed by atoms with E-state index in [1.54, 1.807) is 0 Å². The summed E-state index contributed by atoms with van der Waals surface area (Å²) in [5.74, 6) is -1.51. The van der Waals surface area contributed by atoms with Crippen LogP contribution in [0.1, 0.15) is 10.4 Å². The molecule has 0 aliphatic rings. The number of carbonyl (C=O) groups excluding carboxylic acids is 2. The Morgan fingerprint density at radius 3 is 2.19 bits per heavy atom. The van der Waals surface area contributed by atoms with Gasteiger partial charge >= 0.3 is 5.97 Å². The summed E-state index contributed by atoms with van der Waals surface area (Å²) in [6.45, 7) is -0.619. The average Bonchev–Trinajstić information content (AvgIpc) is 2.58. The summed E-state index contributed by atoms with van der Waals surface area (Å²) in [6.07, 6.45) is 1.04. The van der Waals surface area contributed by atoms with E-state index in [9.17, 15) is 26.4 Å². The SMILES string of the molecule is CS(=O)(=O)c1ccc(C(=O)OCC(=O)Nc2cccc(S(N)(=O)=O)c2)cc1. The molecule has 0 bridgehead atoms. The normalized spacial score (nSPS) is 11.6. The first-order chi connectivity index (χ1) is 12.5. The highest BCUT2D eigenvalue weighted by molar-refractivity contribution is 7.90. The standard InChI is InChI=1S/C16H16N2O7S2/c1-26(21,22)13-7-5-11(6-8-13)16(20)25-10-15(19)18-12-3-2-4-14(9-12)27(17,23)24/h2-9H,10H2,1H3,(H,18,19)(H2,17,23,24). The van der Waals surface area contributed by atoms with Crippen molar-refractivity contribution in [2.45, 2.75) is 9.79 Å². The van der Waals surface area contributed by atoms with Crippen LogP contribution in [0.4, 0.5) is 5.69 Å². The number of esters is 1. The second kappa shape index (κ2) is 7.86. The summed E-state index contributed by atoms with van der Waals surface area (Å²) in [4.78, 5) is 23.6. The van der Waals surface area contributed by atoms with Crippen LogP contribution in [0.25, 0.3) is 0 Å². The number of primary sulfonamides is 1. The van der Waals surface area contributed by atoms with Crippen LogP contribution in [0.3, 0.4) is 0 Å². The topological polar surface area (TPSA) is 150 Å². The number of sulfone groups is 1. The number of hydrogen-bond acceptors (Lipinski definition) is 7. The van der Waals surface area contributed by atoms with Crippen LogP contribution >= 0.6 is 0 Å². The fourth-order valence-electron chi connectivity index (χ4n) is 2.00. The number of nitrogens with two attached hydrogens (primary N) is 1. The first-order valence-corrected chi connectivity index (χ1v) is 10.8. The van der Waals surface area contributed by atoms with Gasteiger partial charge in [-0.1, -0.05) is 6.07 Å². The molecule has 0 atom stereocenters. The van der Waals surface area contributed by atoms with Crippen LogP contribution in [0.15, 0.2) is 58.3 Å². The molecule has 0 aliphatic heterocycles. The smallest absolute Gasteiger partial charge is 0.338 e. The molecule has 0 unspecified atom stereocenters. The van der Waals surface area contributed by atoms with Gasteiger partial charge in [0.15, 0.2) is 16.4 Å². The lowest BCUT2D eigenvalue weighted by Crippen LogP contribution is -2.21.